The number of rotatable bonds is 10. The van der Waals surface area contributed by atoms with Gasteiger partial charge in [0.15, 0.2) is 0 Å². The van der Waals surface area contributed by atoms with Crippen molar-refractivity contribution in [1.29, 1.82) is 0 Å². The lowest BCUT2D eigenvalue weighted by atomic mass is 9.98. The van der Waals surface area contributed by atoms with E-state index in [0.717, 1.165) is 58.4 Å². The molecule has 0 amide bonds. The second-order valence-electron chi connectivity index (χ2n) is 9.86. The summed E-state index contributed by atoms with van der Waals surface area (Å²) in [4.78, 5) is 5.06. The van der Waals surface area contributed by atoms with E-state index in [9.17, 15) is 5.11 Å². The van der Waals surface area contributed by atoms with Gasteiger partial charge in [0.2, 0.25) is 0 Å². The average molecular weight is 435 g/mol. The minimum absolute atomic E-state index is 0.167. The number of aryl methyl sites for hydroxylation is 1. The van der Waals surface area contributed by atoms with Crippen LogP contribution in [0.3, 0.4) is 0 Å². The lowest BCUT2D eigenvalue weighted by Gasteiger charge is -2.38. The molecule has 1 saturated heterocycles. The highest BCUT2D eigenvalue weighted by molar-refractivity contribution is 5.59. The molecule has 2 aliphatic rings. The first-order valence-electron chi connectivity index (χ1n) is 13.1. The zero-order valence-electron chi connectivity index (χ0n) is 20.1. The third kappa shape index (κ3) is 6.14. The van der Waals surface area contributed by atoms with E-state index in [1.54, 1.807) is 5.56 Å². The number of aliphatic hydroxyl groups is 1. The van der Waals surface area contributed by atoms with Crippen LogP contribution in [0.25, 0.3) is 0 Å². The van der Waals surface area contributed by atoms with E-state index in [1.807, 2.05) is 0 Å². The molecule has 4 rings (SSSR count). The van der Waals surface area contributed by atoms with Crippen molar-refractivity contribution >= 4 is 5.69 Å². The zero-order valence-corrected chi connectivity index (χ0v) is 20.1. The lowest BCUT2D eigenvalue weighted by molar-refractivity contribution is 0.0996. The van der Waals surface area contributed by atoms with Gasteiger partial charge >= 0.3 is 0 Å². The summed E-state index contributed by atoms with van der Waals surface area (Å²) in [6, 6.07) is 15.9. The number of anilines is 1. The normalized spacial score (nSPS) is 17.5. The number of nitrogens with zero attached hydrogens (tertiary/aromatic N) is 2. The summed E-state index contributed by atoms with van der Waals surface area (Å²) in [5, 5.41) is 10.5. The number of β-amino-alcohol motifs (C(OH)–C–C–N with tert-alkyl or cyclic N) is 1. The molecule has 0 saturated carbocycles. The highest BCUT2D eigenvalue weighted by Gasteiger charge is 2.23. The van der Waals surface area contributed by atoms with Crippen LogP contribution in [-0.2, 0) is 19.3 Å². The molecule has 0 aromatic heterocycles. The molecule has 1 heterocycles. The fourth-order valence-electron chi connectivity index (χ4n) is 5.53. The number of benzene rings is 2. The van der Waals surface area contributed by atoms with Gasteiger partial charge in [0.1, 0.15) is 0 Å². The van der Waals surface area contributed by atoms with E-state index in [-0.39, 0.29) is 6.10 Å². The fourth-order valence-corrected chi connectivity index (χ4v) is 5.53. The molecule has 1 N–H and O–H groups in total. The van der Waals surface area contributed by atoms with Crippen molar-refractivity contribution < 1.29 is 5.11 Å². The van der Waals surface area contributed by atoms with Crippen LogP contribution in [0.4, 0.5) is 5.69 Å². The van der Waals surface area contributed by atoms with E-state index in [4.69, 9.17) is 0 Å². The van der Waals surface area contributed by atoms with Crippen molar-refractivity contribution in [3.05, 3.63) is 64.7 Å². The van der Waals surface area contributed by atoms with Gasteiger partial charge in [-0.15, -0.1) is 0 Å². The zero-order chi connectivity index (χ0) is 22.2. The molecule has 0 radical (unpaired) electrons. The maximum absolute atomic E-state index is 10.5. The fraction of sp³-hybridized carbons (Fsp3) is 0.586. The topological polar surface area (TPSA) is 26.7 Å². The van der Waals surface area contributed by atoms with Crippen LogP contribution in [0, 0.1) is 0 Å². The first-order chi connectivity index (χ1) is 15.7. The van der Waals surface area contributed by atoms with Crippen molar-refractivity contribution in [1.82, 2.24) is 4.90 Å². The van der Waals surface area contributed by atoms with Crippen molar-refractivity contribution in [2.75, 3.05) is 37.6 Å². The summed E-state index contributed by atoms with van der Waals surface area (Å²) < 4.78 is 0. The minimum atomic E-state index is -0.167. The van der Waals surface area contributed by atoms with Crippen molar-refractivity contribution in [3.63, 3.8) is 0 Å². The Kier molecular flexibility index (Phi) is 8.64. The summed E-state index contributed by atoms with van der Waals surface area (Å²) in [5.41, 5.74) is 7.51. The van der Waals surface area contributed by atoms with Crippen molar-refractivity contribution in [3.8, 4) is 0 Å². The SMILES string of the molecule is CCCCCCCCC(O)CN1CCN(c2cccc3c2CCc2ccccc2C3)CC1. The Hall–Kier alpha value is -1.84. The minimum Gasteiger partial charge on any atom is -0.392 e. The van der Waals surface area contributed by atoms with Crippen LogP contribution in [-0.4, -0.2) is 48.8 Å². The molecule has 1 aliphatic carbocycles. The number of unbranched alkanes of at least 4 members (excludes halogenated alkanes) is 5. The largest absolute Gasteiger partial charge is 0.392 e. The number of hydrogen-bond acceptors (Lipinski definition) is 3. The second kappa shape index (κ2) is 11.9. The Balaban J connectivity index is 1.27. The summed E-state index contributed by atoms with van der Waals surface area (Å²) in [5.74, 6) is 0. The van der Waals surface area contributed by atoms with E-state index in [2.05, 4.69) is 59.2 Å². The Labute approximate surface area is 195 Å². The molecule has 0 spiro atoms. The molecule has 1 aliphatic heterocycles. The molecule has 0 bridgehead atoms. The third-order valence-corrected chi connectivity index (χ3v) is 7.46. The molecular weight excluding hydrogens is 392 g/mol. The summed E-state index contributed by atoms with van der Waals surface area (Å²) in [6.45, 7) is 7.33. The number of hydrogen-bond donors (Lipinski definition) is 1. The van der Waals surface area contributed by atoms with Gasteiger partial charge in [0.25, 0.3) is 0 Å². The molecule has 1 fully saturated rings. The monoisotopic (exact) mass is 434 g/mol. The predicted molar refractivity (Wildman–Crippen MR) is 136 cm³/mol. The van der Waals surface area contributed by atoms with E-state index < -0.39 is 0 Å². The molecule has 2 aromatic carbocycles. The number of aliphatic hydroxyl groups excluding tert-OH is 1. The van der Waals surface area contributed by atoms with Crippen molar-refractivity contribution in [2.24, 2.45) is 0 Å². The molecule has 1 atom stereocenters. The summed E-state index contributed by atoms with van der Waals surface area (Å²) >= 11 is 0. The maximum Gasteiger partial charge on any atom is 0.0667 e. The third-order valence-electron chi connectivity index (χ3n) is 7.46. The molecule has 32 heavy (non-hydrogen) atoms. The van der Waals surface area contributed by atoms with Gasteiger partial charge in [0.05, 0.1) is 6.10 Å². The van der Waals surface area contributed by atoms with E-state index in [0.29, 0.717) is 0 Å². The molecule has 3 heteroatoms. The van der Waals surface area contributed by atoms with Crippen LogP contribution in [0.15, 0.2) is 42.5 Å². The molecular formula is C29H42N2O. The number of piperazine rings is 1. The van der Waals surface area contributed by atoms with Gasteiger partial charge in [-0.05, 0) is 54.0 Å². The van der Waals surface area contributed by atoms with Crippen LogP contribution < -0.4 is 4.90 Å². The standard InChI is InChI=1S/C29H42N2O/c1-2-3-4-5-6-7-14-27(32)23-30-18-20-31(21-19-30)29-15-10-13-26-22-25-12-9-8-11-24(25)16-17-28(26)29/h8-13,15,27,32H,2-7,14,16-23H2,1H3. The van der Waals surface area contributed by atoms with Gasteiger partial charge in [-0.2, -0.15) is 0 Å². The number of fused-ring (bicyclic) bond motifs is 2. The van der Waals surface area contributed by atoms with Gasteiger partial charge in [-0.25, -0.2) is 0 Å². The highest BCUT2D eigenvalue weighted by atomic mass is 16.3. The van der Waals surface area contributed by atoms with Crippen molar-refractivity contribution in [2.45, 2.75) is 77.2 Å². The highest BCUT2D eigenvalue weighted by Crippen LogP contribution is 2.32. The average Bonchev–Trinajstić information content (AvgIpc) is 3.01. The van der Waals surface area contributed by atoms with Gasteiger partial charge in [0, 0.05) is 38.4 Å². The Morgan fingerprint density at radius 1 is 0.781 bits per heavy atom. The van der Waals surface area contributed by atoms with Gasteiger partial charge in [-0.1, -0.05) is 81.8 Å². The van der Waals surface area contributed by atoms with Gasteiger partial charge < -0.3 is 10.0 Å². The van der Waals surface area contributed by atoms with E-state index >= 15 is 0 Å². The smallest absolute Gasteiger partial charge is 0.0667 e. The van der Waals surface area contributed by atoms with E-state index in [1.165, 1.54) is 60.9 Å². The Morgan fingerprint density at radius 2 is 1.50 bits per heavy atom. The maximum atomic E-state index is 10.5. The lowest BCUT2D eigenvalue weighted by Crippen LogP contribution is -2.48. The summed E-state index contributed by atoms with van der Waals surface area (Å²) in [7, 11) is 0. The molecule has 1 unspecified atom stereocenters. The molecule has 2 aromatic rings. The summed E-state index contributed by atoms with van der Waals surface area (Å²) in [6.07, 6.45) is 11.9. The Bertz CT molecular complexity index is 841. The van der Waals surface area contributed by atoms with Crippen LogP contribution >= 0.6 is 0 Å². The quantitative estimate of drug-likeness (QED) is 0.492. The second-order valence-corrected chi connectivity index (χ2v) is 9.86. The Morgan fingerprint density at radius 3 is 2.31 bits per heavy atom. The first kappa shape index (κ1) is 23.3. The van der Waals surface area contributed by atoms with Crippen LogP contribution in [0.1, 0.15) is 74.1 Å². The molecule has 174 valence electrons. The molecule has 3 nitrogen and oxygen atoms in total. The van der Waals surface area contributed by atoms with Crippen LogP contribution in [0.5, 0.6) is 0 Å². The predicted octanol–water partition coefficient (Wildman–Crippen LogP) is 5.61. The van der Waals surface area contributed by atoms with Gasteiger partial charge in [-0.3, -0.25) is 4.90 Å². The first-order valence-corrected chi connectivity index (χ1v) is 13.1. The van der Waals surface area contributed by atoms with Crippen LogP contribution in [0.2, 0.25) is 0 Å².